The topological polar surface area (TPSA) is 103 Å². The molecule has 2 heterocycles. The molecule has 26 heavy (non-hydrogen) atoms. The van der Waals surface area contributed by atoms with Crippen LogP contribution in [-0.2, 0) is 14.3 Å². The van der Waals surface area contributed by atoms with Gasteiger partial charge < -0.3 is 19.9 Å². The minimum Gasteiger partial charge on any atom is -0.391 e. The number of hydrogen-bond acceptors (Lipinski definition) is 6. The van der Waals surface area contributed by atoms with Gasteiger partial charge in [-0.3, -0.25) is 9.36 Å². The third-order valence-electron chi connectivity index (χ3n) is 6.71. The molecule has 1 saturated heterocycles. The summed E-state index contributed by atoms with van der Waals surface area (Å²) in [5.41, 5.74) is -0.759. The zero-order valence-corrected chi connectivity index (χ0v) is 14.5. The van der Waals surface area contributed by atoms with E-state index in [0.717, 1.165) is 12.8 Å². The number of carbonyl (C=O) groups is 1. The van der Waals surface area contributed by atoms with Crippen molar-refractivity contribution in [1.82, 2.24) is 9.55 Å². The summed E-state index contributed by atoms with van der Waals surface area (Å²) in [6.07, 6.45) is 5.79. The second kappa shape index (κ2) is 5.87. The summed E-state index contributed by atoms with van der Waals surface area (Å²) in [5, 5.41) is 11.9. The lowest BCUT2D eigenvalue weighted by Crippen LogP contribution is -2.38. The van der Waals surface area contributed by atoms with Crippen LogP contribution in [0.2, 0.25) is 0 Å². The molecule has 1 aromatic heterocycles. The Hall–Kier alpha value is -1.77. The van der Waals surface area contributed by atoms with Crippen molar-refractivity contribution in [3.05, 3.63) is 22.7 Å². The van der Waals surface area contributed by atoms with Crippen molar-refractivity contribution in [2.24, 2.45) is 23.2 Å². The highest BCUT2D eigenvalue weighted by Crippen LogP contribution is 2.65. The molecule has 2 N–H and O–H groups in total. The highest BCUT2D eigenvalue weighted by atomic mass is 16.7. The predicted octanol–water partition coefficient (Wildman–Crippen LogP) is 0.872. The van der Waals surface area contributed by atoms with Crippen molar-refractivity contribution >= 4 is 11.7 Å². The maximum Gasteiger partial charge on any atom is 0.351 e. The minimum absolute atomic E-state index is 0.0256. The van der Waals surface area contributed by atoms with E-state index < -0.39 is 18.2 Å². The van der Waals surface area contributed by atoms with E-state index in [9.17, 15) is 9.59 Å². The molecule has 1 aromatic rings. The van der Waals surface area contributed by atoms with E-state index in [1.54, 1.807) is 12.3 Å². The fourth-order valence-corrected chi connectivity index (χ4v) is 5.79. The molecule has 5 aliphatic rings. The molecular weight excluding hydrogens is 338 g/mol. The highest BCUT2D eigenvalue weighted by molar-refractivity contribution is 5.95. The van der Waals surface area contributed by atoms with Crippen LogP contribution < -0.4 is 11.0 Å². The Morgan fingerprint density at radius 2 is 2.12 bits per heavy atom. The Bertz CT molecular complexity index is 779. The van der Waals surface area contributed by atoms with Crippen LogP contribution in [0.5, 0.6) is 0 Å². The van der Waals surface area contributed by atoms with E-state index in [1.165, 1.54) is 23.8 Å². The number of ether oxygens (including phenoxy) is 2. The van der Waals surface area contributed by atoms with E-state index >= 15 is 0 Å². The molecule has 6 atom stereocenters. The molecule has 8 nitrogen and oxygen atoms in total. The van der Waals surface area contributed by atoms with Crippen LogP contribution in [0.25, 0.3) is 0 Å². The molecule has 6 rings (SSSR count). The van der Waals surface area contributed by atoms with Gasteiger partial charge in [0, 0.05) is 6.20 Å². The SMILES string of the molecule is O=C(Nc1ccn([C@@H]2CO[C@H](CO)O2)c(=O)n1)C12C[C@@H]3CC1C[C@@H](C3)C2. The van der Waals surface area contributed by atoms with Crippen molar-refractivity contribution in [2.45, 2.75) is 44.6 Å². The molecule has 0 spiro atoms. The van der Waals surface area contributed by atoms with Gasteiger partial charge >= 0.3 is 5.69 Å². The van der Waals surface area contributed by atoms with Gasteiger partial charge in [0.2, 0.25) is 5.91 Å². The summed E-state index contributed by atoms with van der Waals surface area (Å²) in [4.78, 5) is 29.3. The van der Waals surface area contributed by atoms with Gasteiger partial charge in [-0.15, -0.1) is 0 Å². The summed E-state index contributed by atoms with van der Waals surface area (Å²) in [7, 11) is 0. The zero-order valence-electron chi connectivity index (χ0n) is 14.5. The summed E-state index contributed by atoms with van der Waals surface area (Å²) in [5.74, 6) is 2.19. The average Bonchev–Trinajstić information content (AvgIpc) is 3.25. The molecule has 2 unspecified atom stereocenters. The number of aliphatic hydroxyl groups excluding tert-OH is 1. The van der Waals surface area contributed by atoms with Gasteiger partial charge in [0.1, 0.15) is 5.82 Å². The summed E-state index contributed by atoms with van der Waals surface area (Å²) in [6.45, 7) is -0.0931. The Labute approximate surface area is 150 Å². The second-order valence-electron chi connectivity index (χ2n) is 8.19. The van der Waals surface area contributed by atoms with Crippen molar-refractivity contribution in [1.29, 1.82) is 0 Å². The number of nitrogens with one attached hydrogen (secondary N) is 1. The molecule has 140 valence electrons. The van der Waals surface area contributed by atoms with Gasteiger partial charge in [0.15, 0.2) is 12.5 Å². The monoisotopic (exact) mass is 361 g/mol. The van der Waals surface area contributed by atoms with Crippen LogP contribution in [0.15, 0.2) is 17.1 Å². The predicted molar refractivity (Wildman–Crippen MR) is 90.1 cm³/mol. The van der Waals surface area contributed by atoms with Gasteiger partial charge in [0.25, 0.3) is 0 Å². The molecule has 1 aliphatic heterocycles. The molecule has 5 fully saturated rings. The van der Waals surface area contributed by atoms with Crippen molar-refractivity contribution in [2.75, 3.05) is 18.5 Å². The van der Waals surface area contributed by atoms with Crippen LogP contribution in [0.1, 0.15) is 38.3 Å². The third-order valence-corrected chi connectivity index (χ3v) is 6.71. The maximum atomic E-state index is 13.0. The smallest absolute Gasteiger partial charge is 0.351 e. The van der Waals surface area contributed by atoms with Crippen LogP contribution >= 0.6 is 0 Å². The molecule has 4 saturated carbocycles. The average molecular weight is 361 g/mol. The van der Waals surface area contributed by atoms with E-state index in [1.807, 2.05) is 0 Å². The number of amides is 1. The summed E-state index contributed by atoms with van der Waals surface area (Å²) in [6, 6.07) is 1.62. The third kappa shape index (κ3) is 2.43. The molecule has 1 amide bonds. The Kier molecular flexibility index (Phi) is 3.70. The second-order valence-corrected chi connectivity index (χ2v) is 8.19. The fourth-order valence-electron chi connectivity index (χ4n) is 5.79. The van der Waals surface area contributed by atoms with Gasteiger partial charge in [-0.2, -0.15) is 4.98 Å². The minimum atomic E-state index is -0.724. The number of hydrogen-bond donors (Lipinski definition) is 2. The lowest BCUT2D eigenvalue weighted by Gasteiger charge is -2.31. The molecule has 0 radical (unpaired) electrons. The Morgan fingerprint density at radius 1 is 1.35 bits per heavy atom. The van der Waals surface area contributed by atoms with Gasteiger partial charge in [0.05, 0.1) is 18.6 Å². The largest absolute Gasteiger partial charge is 0.391 e. The van der Waals surface area contributed by atoms with Crippen LogP contribution in [0.4, 0.5) is 5.82 Å². The van der Waals surface area contributed by atoms with Crippen molar-refractivity contribution in [3.8, 4) is 0 Å². The number of aliphatic hydroxyl groups is 1. The molecule has 4 bridgehead atoms. The van der Waals surface area contributed by atoms with E-state index in [0.29, 0.717) is 17.8 Å². The first-order chi connectivity index (χ1) is 12.6. The Balaban J connectivity index is 1.32. The highest BCUT2D eigenvalue weighted by Gasteiger charge is 2.61. The summed E-state index contributed by atoms with van der Waals surface area (Å²) < 4.78 is 11.9. The Morgan fingerprint density at radius 3 is 2.77 bits per heavy atom. The maximum absolute atomic E-state index is 13.0. The zero-order chi connectivity index (χ0) is 17.9. The lowest BCUT2D eigenvalue weighted by molar-refractivity contribution is -0.127. The van der Waals surface area contributed by atoms with Crippen molar-refractivity contribution < 1.29 is 19.4 Å². The van der Waals surface area contributed by atoms with E-state index in [4.69, 9.17) is 14.6 Å². The molecule has 8 heteroatoms. The number of rotatable bonds is 4. The van der Waals surface area contributed by atoms with Crippen molar-refractivity contribution in [3.63, 3.8) is 0 Å². The summed E-state index contributed by atoms with van der Waals surface area (Å²) >= 11 is 0. The number of anilines is 1. The van der Waals surface area contributed by atoms with E-state index in [-0.39, 0.29) is 30.4 Å². The van der Waals surface area contributed by atoms with Crippen LogP contribution in [0, 0.1) is 23.2 Å². The van der Waals surface area contributed by atoms with Crippen LogP contribution in [0.3, 0.4) is 0 Å². The quantitative estimate of drug-likeness (QED) is 0.825. The molecular formula is C18H23N3O5. The number of nitrogens with zero attached hydrogens (tertiary/aromatic N) is 2. The van der Waals surface area contributed by atoms with Crippen LogP contribution in [-0.4, -0.2) is 40.1 Å². The van der Waals surface area contributed by atoms with Gasteiger partial charge in [-0.1, -0.05) is 0 Å². The fraction of sp³-hybridized carbons (Fsp3) is 0.722. The number of aromatic nitrogens is 2. The lowest BCUT2D eigenvalue weighted by atomic mass is 9.75. The standard InChI is InChI=1S/C18H23N3O5/c22-8-15-25-9-14(26-15)21-2-1-13(20-17(21)24)19-16(23)18-6-10-3-11(7-18)5-12(18)4-10/h1-2,10-12,14-15,22H,3-9H2,(H,19,20,23,24)/t10-,11+,12?,14-,15-,18?/m0/s1. The van der Waals surface area contributed by atoms with E-state index in [2.05, 4.69) is 10.3 Å². The number of carbonyl (C=O) groups excluding carboxylic acids is 1. The first-order valence-corrected chi connectivity index (χ1v) is 9.36. The van der Waals surface area contributed by atoms with Gasteiger partial charge in [-0.25, -0.2) is 4.79 Å². The first kappa shape index (κ1) is 16.4. The normalized spacial score (nSPS) is 40.3. The first-order valence-electron chi connectivity index (χ1n) is 9.36. The molecule has 0 aromatic carbocycles. The molecule has 4 aliphatic carbocycles. The van der Waals surface area contributed by atoms with Gasteiger partial charge in [-0.05, 0) is 55.9 Å².